The van der Waals surface area contributed by atoms with Gasteiger partial charge in [0.2, 0.25) is 5.91 Å². The van der Waals surface area contributed by atoms with E-state index in [1.165, 1.54) is 4.88 Å². The second-order valence-electron chi connectivity index (χ2n) is 6.35. The maximum atomic E-state index is 12.1. The Hall–Kier alpha value is -1.56. The van der Waals surface area contributed by atoms with Crippen LogP contribution in [0.3, 0.4) is 0 Å². The second-order valence-corrected chi connectivity index (χ2v) is 7.64. The quantitative estimate of drug-likeness (QED) is 0.798. The average Bonchev–Trinajstić information content (AvgIpc) is 3.20. The first kappa shape index (κ1) is 15.3. The summed E-state index contributed by atoms with van der Waals surface area (Å²) >= 11 is 1.56. The summed E-state index contributed by atoms with van der Waals surface area (Å²) in [6.45, 7) is 2.01. The Morgan fingerprint density at radius 2 is 1.91 bits per heavy atom. The molecule has 0 aliphatic heterocycles. The largest absolute Gasteiger partial charge is 0.353 e. The van der Waals surface area contributed by atoms with E-state index < -0.39 is 0 Å². The zero-order valence-corrected chi connectivity index (χ0v) is 13.7. The van der Waals surface area contributed by atoms with Crippen molar-refractivity contribution >= 4 is 28.3 Å². The van der Waals surface area contributed by atoms with Crippen LogP contribution in [0.4, 0.5) is 9.80 Å². The van der Waals surface area contributed by atoms with Crippen molar-refractivity contribution in [2.75, 3.05) is 5.32 Å². The molecule has 3 N–H and O–H groups in total. The molecule has 120 valence electrons. The Labute approximate surface area is 134 Å². The number of hydrogen-bond donors (Lipinski definition) is 3. The van der Waals surface area contributed by atoms with Crippen LogP contribution >= 0.6 is 11.3 Å². The van der Waals surface area contributed by atoms with Gasteiger partial charge in [0.15, 0.2) is 0 Å². The van der Waals surface area contributed by atoms with E-state index in [0.717, 1.165) is 43.5 Å². The lowest BCUT2D eigenvalue weighted by Crippen LogP contribution is -2.44. The molecular weight excluding hydrogens is 298 g/mol. The third kappa shape index (κ3) is 4.22. The van der Waals surface area contributed by atoms with E-state index >= 15 is 0 Å². The van der Waals surface area contributed by atoms with Crippen LogP contribution in [-0.4, -0.2) is 24.0 Å². The third-order valence-corrected chi connectivity index (χ3v) is 5.20. The van der Waals surface area contributed by atoms with Crippen molar-refractivity contribution in [3.63, 3.8) is 0 Å². The number of aryl methyl sites for hydroxylation is 1. The van der Waals surface area contributed by atoms with Gasteiger partial charge in [-0.15, -0.1) is 11.3 Å². The Kier molecular flexibility index (Phi) is 4.66. The number of carbonyl (C=O) groups excluding carboxylic acids is 2. The first-order valence-electron chi connectivity index (χ1n) is 8.04. The fourth-order valence-electron chi connectivity index (χ4n) is 2.94. The van der Waals surface area contributed by atoms with E-state index in [0.29, 0.717) is 6.04 Å². The number of nitrogens with one attached hydrogen (secondary N) is 3. The molecule has 2 aliphatic carbocycles. The summed E-state index contributed by atoms with van der Waals surface area (Å²) in [6, 6.07) is 4.22. The Morgan fingerprint density at radius 3 is 2.59 bits per heavy atom. The maximum absolute atomic E-state index is 12.1. The third-order valence-electron chi connectivity index (χ3n) is 4.28. The summed E-state index contributed by atoms with van der Waals surface area (Å²) < 4.78 is 0. The highest BCUT2D eigenvalue weighted by Gasteiger charge is 2.31. The van der Waals surface area contributed by atoms with Gasteiger partial charge < -0.3 is 10.6 Å². The monoisotopic (exact) mass is 321 g/mol. The lowest BCUT2D eigenvalue weighted by atomic mass is 9.85. The molecule has 6 heteroatoms. The van der Waals surface area contributed by atoms with E-state index in [1.54, 1.807) is 11.3 Å². The van der Waals surface area contributed by atoms with Crippen LogP contribution < -0.4 is 16.0 Å². The van der Waals surface area contributed by atoms with Crippen LogP contribution in [-0.2, 0) is 4.79 Å². The molecule has 5 nitrogen and oxygen atoms in total. The molecule has 0 spiro atoms. The van der Waals surface area contributed by atoms with Crippen LogP contribution in [0.2, 0.25) is 0 Å². The highest BCUT2D eigenvalue weighted by atomic mass is 32.1. The Bertz CT molecular complexity index is 553. The molecule has 0 bridgehead atoms. The fraction of sp³-hybridized carbons (Fsp3) is 0.625. The van der Waals surface area contributed by atoms with E-state index in [-0.39, 0.29) is 23.9 Å². The lowest BCUT2D eigenvalue weighted by molar-refractivity contribution is -0.126. The van der Waals surface area contributed by atoms with Gasteiger partial charge in [-0.3, -0.25) is 10.1 Å². The number of hydrogen-bond acceptors (Lipinski definition) is 3. The zero-order chi connectivity index (χ0) is 15.5. The minimum Gasteiger partial charge on any atom is -0.353 e. The predicted octanol–water partition coefficient (Wildman–Crippen LogP) is 3.02. The molecule has 22 heavy (non-hydrogen) atoms. The predicted molar refractivity (Wildman–Crippen MR) is 88.1 cm³/mol. The van der Waals surface area contributed by atoms with Gasteiger partial charge in [0.05, 0.1) is 5.00 Å². The highest BCUT2D eigenvalue weighted by molar-refractivity contribution is 7.16. The molecule has 3 rings (SSSR count). The maximum Gasteiger partial charge on any atom is 0.320 e. The van der Waals surface area contributed by atoms with Gasteiger partial charge in [0.25, 0.3) is 0 Å². The van der Waals surface area contributed by atoms with E-state index in [2.05, 4.69) is 16.0 Å². The van der Waals surface area contributed by atoms with Crippen molar-refractivity contribution in [3.05, 3.63) is 17.0 Å². The summed E-state index contributed by atoms with van der Waals surface area (Å²) in [5.41, 5.74) is 0. The molecule has 0 saturated heterocycles. The van der Waals surface area contributed by atoms with Crippen molar-refractivity contribution in [1.29, 1.82) is 0 Å². The van der Waals surface area contributed by atoms with E-state index in [4.69, 9.17) is 0 Å². The number of anilines is 1. The van der Waals surface area contributed by atoms with Crippen molar-refractivity contribution in [1.82, 2.24) is 10.6 Å². The number of amides is 3. The molecule has 2 unspecified atom stereocenters. The molecule has 1 aromatic heterocycles. The van der Waals surface area contributed by atoms with Gasteiger partial charge in [-0.1, -0.05) is 6.42 Å². The number of thiophene rings is 1. The topological polar surface area (TPSA) is 70.2 Å². The van der Waals surface area contributed by atoms with Gasteiger partial charge in [0.1, 0.15) is 0 Å². The van der Waals surface area contributed by atoms with Crippen molar-refractivity contribution in [2.45, 2.75) is 57.5 Å². The number of carbonyl (C=O) groups is 2. The lowest BCUT2D eigenvalue weighted by Gasteiger charge is -2.29. The summed E-state index contributed by atoms with van der Waals surface area (Å²) in [5.74, 6) is 0.215. The molecule has 2 aliphatic rings. The number of rotatable bonds is 4. The molecule has 3 amide bonds. The average molecular weight is 321 g/mol. The van der Waals surface area contributed by atoms with Gasteiger partial charge in [-0.05, 0) is 51.2 Å². The summed E-state index contributed by atoms with van der Waals surface area (Å²) in [5, 5.41) is 9.80. The molecule has 2 saturated carbocycles. The molecule has 2 fully saturated rings. The molecule has 0 radical (unpaired) electrons. The van der Waals surface area contributed by atoms with Crippen LogP contribution in [0, 0.1) is 12.8 Å². The minimum absolute atomic E-state index is 0.0450. The van der Waals surface area contributed by atoms with E-state index in [9.17, 15) is 9.59 Å². The summed E-state index contributed by atoms with van der Waals surface area (Å²) in [7, 11) is 0. The summed E-state index contributed by atoms with van der Waals surface area (Å²) in [6.07, 6.45) is 5.85. The SMILES string of the molecule is Cc1ccc(NC(=O)NC2CCCC(C(=O)NC3CC3)C2)s1. The Morgan fingerprint density at radius 1 is 1.09 bits per heavy atom. The van der Waals surface area contributed by atoms with Gasteiger partial charge in [0, 0.05) is 22.9 Å². The van der Waals surface area contributed by atoms with Gasteiger partial charge in [-0.25, -0.2) is 4.79 Å². The van der Waals surface area contributed by atoms with Crippen LogP contribution in [0.5, 0.6) is 0 Å². The normalized spacial score (nSPS) is 24.6. The minimum atomic E-state index is -0.171. The number of urea groups is 1. The molecule has 0 aromatic carbocycles. The molecular formula is C16H23N3O2S. The fourth-order valence-corrected chi connectivity index (χ4v) is 3.70. The summed E-state index contributed by atoms with van der Waals surface area (Å²) in [4.78, 5) is 25.3. The van der Waals surface area contributed by atoms with Crippen molar-refractivity contribution in [3.8, 4) is 0 Å². The standard InChI is InChI=1S/C16H23N3O2S/c1-10-5-8-14(22-10)19-16(21)18-13-4-2-3-11(9-13)15(20)17-12-6-7-12/h5,8,11-13H,2-4,6-7,9H2,1H3,(H,17,20)(H2,18,19,21). The van der Waals surface area contributed by atoms with Crippen LogP contribution in [0.15, 0.2) is 12.1 Å². The van der Waals surface area contributed by atoms with Gasteiger partial charge >= 0.3 is 6.03 Å². The molecule has 2 atom stereocenters. The van der Waals surface area contributed by atoms with Crippen molar-refractivity contribution in [2.24, 2.45) is 5.92 Å². The first-order chi connectivity index (χ1) is 10.6. The van der Waals surface area contributed by atoms with E-state index in [1.807, 2.05) is 19.1 Å². The van der Waals surface area contributed by atoms with Crippen molar-refractivity contribution < 1.29 is 9.59 Å². The first-order valence-corrected chi connectivity index (χ1v) is 8.86. The Balaban J connectivity index is 1.46. The zero-order valence-electron chi connectivity index (χ0n) is 12.9. The van der Waals surface area contributed by atoms with Gasteiger partial charge in [-0.2, -0.15) is 0 Å². The molecule has 1 heterocycles. The smallest absolute Gasteiger partial charge is 0.320 e. The second kappa shape index (κ2) is 6.69. The van der Waals surface area contributed by atoms with Crippen LogP contribution in [0.25, 0.3) is 0 Å². The van der Waals surface area contributed by atoms with Crippen LogP contribution in [0.1, 0.15) is 43.4 Å². The highest BCUT2D eigenvalue weighted by Crippen LogP contribution is 2.27. The molecule has 1 aromatic rings.